The maximum Gasteiger partial charge on any atom is 0.452 e. The van der Waals surface area contributed by atoms with Gasteiger partial charge in [-0.25, -0.2) is 0 Å². The van der Waals surface area contributed by atoms with Crippen LogP contribution in [0.2, 0.25) is 0 Å². The quantitative estimate of drug-likeness (QED) is 0.230. The summed E-state index contributed by atoms with van der Waals surface area (Å²) >= 11 is 1.27. The molecule has 0 radical (unpaired) electrons. The largest absolute Gasteiger partial charge is 0.481 e. The number of anilines is 4. The van der Waals surface area contributed by atoms with E-state index in [0.29, 0.717) is 72.5 Å². The fourth-order valence-corrected chi connectivity index (χ4v) is 6.10. The first-order valence-electron chi connectivity index (χ1n) is 13.1. The van der Waals surface area contributed by atoms with Crippen LogP contribution in [0.4, 0.5) is 48.0 Å². The minimum Gasteiger partial charge on any atom is -0.481 e. The SMILES string of the molecule is CC(C)CN(c1ccc([C@H](C)CC(=O)O)cc1Nc1nc(C(F)(F)F)ns1)C1CCN(c2nc(C(F)(F)F)ns2)CC1. The van der Waals surface area contributed by atoms with E-state index < -0.39 is 30.0 Å². The van der Waals surface area contributed by atoms with Crippen molar-refractivity contribution in [2.45, 2.75) is 64.3 Å². The molecule has 1 saturated heterocycles. The predicted octanol–water partition coefficient (Wildman–Crippen LogP) is 6.88. The molecule has 0 amide bonds. The normalized spacial score (nSPS) is 15.7. The Bertz CT molecular complexity index is 1370. The molecule has 0 saturated carbocycles. The molecule has 230 valence electrons. The van der Waals surface area contributed by atoms with Crippen molar-refractivity contribution in [3.05, 3.63) is 35.4 Å². The summed E-state index contributed by atoms with van der Waals surface area (Å²) in [5.41, 5.74) is 1.82. The van der Waals surface area contributed by atoms with Gasteiger partial charge in [-0.1, -0.05) is 26.8 Å². The van der Waals surface area contributed by atoms with Crippen LogP contribution in [-0.2, 0) is 17.1 Å². The van der Waals surface area contributed by atoms with Crippen molar-refractivity contribution in [2.24, 2.45) is 5.92 Å². The third-order valence-corrected chi connectivity index (χ3v) is 8.12. The number of halogens is 6. The number of nitrogens with one attached hydrogen (secondary N) is 1. The first-order chi connectivity index (χ1) is 19.6. The van der Waals surface area contributed by atoms with Gasteiger partial charge in [-0.05, 0) is 42.4 Å². The molecule has 1 aliphatic rings. The van der Waals surface area contributed by atoms with Crippen LogP contribution >= 0.6 is 23.1 Å². The van der Waals surface area contributed by atoms with Gasteiger partial charge in [0.2, 0.25) is 21.9 Å². The minimum absolute atomic E-state index is 0.0401. The third kappa shape index (κ3) is 7.79. The lowest BCUT2D eigenvalue weighted by Gasteiger charge is -2.41. The Morgan fingerprint density at radius 1 is 1.05 bits per heavy atom. The van der Waals surface area contributed by atoms with E-state index in [9.17, 15) is 36.2 Å². The first-order valence-corrected chi connectivity index (χ1v) is 14.6. The predicted molar refractivity (Wildman–Crippen MR) is 148 cm³/mol. The van der Waals surface area contributed by atoms with Gasteiger partial charge in [0.05, 0.1) is 17.8 Å². The number of carbonyl (C=O) groups is 1. The summed E-state index contributed by atoms with van der Waals surface area (Å²) in [5, 5.41) is 12.4. The van der Waals surface area contributed by atoms with Gasteiger partial charge >= 0.3 is 18.3 Å². The van der Waals surface area contributed by atoms with Crippen molar-refractivity contribution in [3.63, 3.8) is 0 Å². The fourth-order valence-electron chi connectivity index (χ4n) is 4.76. The highest BCUT2D eigenvalue weighted by molar-refractivity contribution is 7.10. The van der Waals surface area contributed by atoms with Gasteiger partial charge in [-0.15, -0.1) is 0 Å². The molecule has 3 heterocycles. The lowest BCUT2D eigenvalue weighted by molar-refractivity contribution is -0.144. The summed E-state index contributed by atoms with van der Waals surface area (Å²) in [6, 6.07) is 5.30. The summed E-state index contributed by atoms with van der Waals surface area (Å²) in [6.45, 7) is 7.27. The minimum atomic E-state index is -4.71. The molecule has 4 rings (SSSR count). The van der Waals surface area contributed by atoms with E-state index in [1.165, 1.54) is 0 Å². The molecular weight excluding hydrogens is 608 g/mol. The zero-order valence-electron chi connectivity index (χ0n) is 22.8. The number of aliphatic carboxylic acids is 1. The number of aromatic nitrogens is 4. The van der Waals surface area contributed by atoms with Crippen molar-refractivity contribution in [2.75, 3.05) is 34.8 Å². The second-order valence-corrected chi connectivity index (χ2v) is 12.0. The number of hydrogen-bond acceptors (Lipinski definition) is 10. The van der Waals surface area contributed by atoms with Gasteiger partial charge < -0.3 is 20.2 Å². The molecule has 1 atom stereocenters. The van der Waals surface area contributed by atoms with Crippen molar-refractivity contribution in [1.29, 1.82) is 0 Å². The molecule has 0 aliphatic carbocycles. The van der Waals surface area contributed by atoms with Crippen LogP contribution in [0.25, 0.3) is 0 Å². The zero-order chi connectivity index (χ0) is 30.8. The number of rotatable bonds is 10. The monoisotopic (exact) mass is 637 g/mol. The molecule has 1 aromatic carbocycles. The van der Waals surface area contributed by atoms with Crippen LogP contribution in [0.15, 0.2) is 18.2 Å². The Kier molecular flexibility index (Phi) is 9.49. The van der Waals surface area contributed by atoms with Gasteiger partial charge in [-0.3, -0.25) is 4.79 Å². The molecule has 1 fully saturated rings. The van der Waals surface area contributed by atoms with Crippen LogP contribution in [0.1, 0.15) is 63.2 Å². The third-order valence-electron chi connectivity index (χ3n) is 6.71. The number of piperidine rings is 1. The molecule has 17 heteroatoms. The molecule has 0 unspecified atom stereocenters. The van der Waals surface area contributed by atoms with E-state index in [-0.39, 0.29) is 34.6 Å². The van der Waals surface area contributed by atoms with E-state index >= 15 is 0 Å². The second kappa shape index (κ2) is 12.6. The average molecular weight is 638 g/mol. The summed E-state index contributed by atoms with van der Waals surface area (Å²) in [5.74, 6) is -3.58. The summed E-state index contributed by atoms with van der Waals surface area (Å²) in [6.07, 6.45) is -8.29. The molecule has 0 bridgehead atoms. The highest BCUT2D eigenvalue weighted by Gasteiger charge is 2.38. The van der Waals surface area contributed by atoms with Crippen molar-refractivity contribution in [1.82, 2.24) is 18.7 Å². The van der Waals surface area contributed by atoms with Crippen molar-refractivity contribution < 1.29 is 36.2 Å². The van der Waals surface area contributed by atoms with E-state index in [0.717, 1.165) is 0 Å². The van der Waals surface area contributed by atoms with E-state index in [1.807, 2.05) is 19.9 Å². The summed E-state index contributed by atoms with van der Waals surface area (Å²) in [4.78, 5) is 22.5. The van der Waals surface area contributed by atoms with Gasteiger partial charge in [-0.2, -0.15) is 45.1 Å². The molecular formula is C25H29F6N7O2S2. The lowest BCUT2D eigenvalue weighted by Crippen LogP contribution is -2.46. The average Bonchev–Trinajstić information content (AvgIpc) is 3.57. The summed E-state index contributed by atoms with van der Waals surface area (Å²) < 4.78 is 85.3. The van der Waals surface area contributed by atoms with Gasteiger partial charge in [0.15, 0.2) is 0 Å². The molecule has 9 nitrogen and oxygen atoms in total. The highest BCUT2D eigenvalue weighted by Crippen LogP contribution is 2.38. The molecule has 1 aliphatic heterocycles. The molecule has 2 aromatic heterocycles. The van der Waals surface area contributed by atoms with Crippen LogP contribution in [0, 0.1) is 5.92 Å². The topological polar surface area (TPSA) is 107 Å². The molecule has 3 aromatic rings. The van der Waals surface area contributed by atoms with Crippen LogP contribution in [-0.4, -0.2) is 55.5 Å². The van der Waals surface area contributed by atoms with Crippen LogP contribution in [0.5, 0.6) is 0 Å². The van der Waals surface area contributed by atoms with Gasteiger partial charge in [0, 0.05) is 48.7 Å². The Balaban J connectivity index is 1.63. The maximum absolute atomic E-state index is 13.2. The second-order valence-electron chi connectivity index (χ2n) is 10.5. The maximum atomic E-state index is 13.2. The Morgan fingerprint density at radius 2 is 1.67 bits per heavy atom. The van der Waals surface area contributed by atoms with Crippen molar-refractivity contribution >= 4 is 50.7 Å². The number of nitrogens with zero attached hydrogens (tertiary/aromatic N) is 6. The van der Waals surface area contributed by atoms with Gasteiger partial charge in [0.25, 0.3) is 0 Å². The number of alkyl halides is 6. The van der Waals surface area contributed by atoms with Crippen LogP contribution in [0.3, 0.4) is 0 Å². The highest BCUT2D eigenvalue weighted by atomic mass is 32.1. The smallest absolute Gasteiger partial charge is 0.452 e. The number of carboxylic acids is 1. The molecule has 42 heavy (non-hydrogen) atoms. The number of benzene rings is 1. The van der Waals surface area contributed by atoms with Crippen LogP contribution < -0.4 is 15.1 Å². The van der Waals surface area contributed by atoms with Crippen molar-refractivity contribution in [3.8, 4) is 0 Å². The summed E-state index contributed by atoms with van der Waals surface area (Å²) in [7, 11) is 0. The Morgan fingerprint density at radius 3 is 2.21 bits per heavy atom. The first kappa shape index (κ1) is 31.7. The lowest BCUT2D eigenvalue weighted by atomic mass is 9.95. The number of hydrogen-bond donors (Lipinski definition) is 2. The molecule has 0 spiro atoms. The van der Waals surface area contributed by atoms with E-state index in [1.54, 1.807) is 24.0 Å². The Hall–Kier alpha value is -3.21. The van der Waals surface area contributed by atoms with E-state index in [4.69, 9.17) is 0 Å². The Labute approximate surface area is 245 Å². The van der Waals surface area contributed by atoms with E-state index in [2.05, 4.69) is 28.9 Å². The zero-order valence-corrected chi connectivity index (χ0v) is 24.5. The van der Waals surface area contributed by atoms with Gasteiger partial charge in [0.1, 0.15) is 0 Å². The number of carboxylic acid groups (broad SMARTS) is 1. The fraction of sp³-hybridized carbons (Fsp3) is 0.560. The molecule has 2 N–H and O–H groups in total. The standard InChI is InChI=1S/C25H29F6N7O2S2/c1-13(2)12-38(16-6-8-37(9-7-16)23-34-21(36-42-23)25(29,30)31)18-5-4-15(14(3)10-19(39)40)11-17(18)32-22-33-20(35-41-22)24(26,27)28/h4-5,11,13-14,16H,6-10,12H2,1-3H3,(H,39,40)(H,32,33,35)/t14-/m1/s1.